The summed E-state index contributed by atoms with van der Waals surface area (Å²) in [4.78, 5) is 12.8. The van der Waals surface area contributed by atoms with Crippen LogP contribution in [0, 0.1) is 5.92 Å². The number of anilines is 1. The molecule has 1 aromatic rings. The van der Waals surface area contributed by atoms with Gasteiger partial charge in [-0.1, -0.05) is 18.5 Å². The maximum atomic E-state index is 12.8. The third kappa shape index (κ3) is 5.33. The van der Waals surface area contributed by atoms with Crippen LogP contribution < -0.4 is 10.1 Å². The smallest absolute Gasteiger partial charge is 0.256 e. The van der Waals surface area contributed by atoms with Gasteiger partial charge in [-0.2, -0.15) is 0 Å². The van der Waals surface area contributed by atoms with E-state index in [2.05, 4.69) is 5.32 Å². The number of nitrogens with one attached hydrogen (secondary N) is 1. The molecule has 2 rings (SSSR count). The minimum absolute atomic E-state index is 0.108. The number of halogens is 1. The lowest BCUT2D eigenvalue weighted by atomic mass is 9.98. The largest absolute Gasteiger partial charge is 0.487 e. The lowest BCUT2D eigenvalue weighted by molar-refractivity contribution is -0.142. The highest BCUT2D eigenvalue weighted by atomic mass is 35.5. The number of carbonyl (C=O) groups excluding carboxylic acids is 1. The summed E-state index contributed by atoms with van der Waals surface area (Å²) < 4.78 is 16.7. The Kier molecular flexibility index (Phi) is 7.11. The highest BCUT2D eigenvalue weighted by molar-refractivity contribution is 6.32. The van der Waals surface area contributed by atoms with Gasteiger partial charge < -0.3 is 19.5 Å². The van der Waals surface area contributed by atoms with Crippen LogP contribution in [-0.2, 0) is 14.3 Å². The van der Waals surface area contributed by atoms with E-state index in [0.717, 1.165) is 19.3 Å². The third-order valence-electron chi connectivity index (χ3n) is 4.33. The minimum Gasteiger partial charge on any atom is -0.487 e. The molecule has 0 radical (unpaired) electrons. The van der Waals surface area contributed by atoms with E-state index in [0.29, 0.717) is 29.7 Å². The van der Waals surface area contributed by atoms with Gasteiger partial charge in [0.1, 0.15) is 17.5 Å². The fourth-order valence-corrected chi connectivity index (χ4v) is 2.96. The molecule has 0 aromatic heterocycles. The van der Waals surface area contributed by atoms with Crippen LogP contribution in [0.2, 0.25) is 5.02 Å². The molecule has 0 unspecified atom stereocenters. The molecule has 140 valence electrons. The molecule has 2 atom stereocenters. The number of carbonyl (C=O) groups is 1. The van der Waals surface area contributed by atoms with E-state index in [9.17, 15) is 4.79 Å². The Balaban J connectivity index is 2.04. The van der Waals surface area contributed by atoms with Crippen molar-refractivity contribution in [1.82, 2.24) is 0 Å². The molecular formula is C19H28ClNO4. The normalized spacial score (nSPS) is 17.6. The van der Waals surface area contributed by atoms with Gasteiger partial charge in [0.25, 0.3) is 5.91 Å². The minimum atomic E-state index is -0.787. The Morgan fingerprint density at radius 3 is 2.72 bits per heavy atom. The summed E-state index contributed by atoms with van der Waals surface area (Å²) >= 11 is 6.28. The Morgan fingerprint density at radius 1 is 1.44 bits per heavy atom. The van der Waals surface area contributed by atoms with Crippen molar-refractivity contribution in [2.24, 2.45) is 5.92 Å². The number of ether oxygens (including phenoxy) is 3. The van der Waals surface area contributed by atoms with Gasteiger partial charge in [-0.25, -0.2) is 0 Å². The molecule has 1 N–H and O–H groups in total. The van der Waals surface area contributed by atoms with E-state index in [1.165, 1.54) is 0 Å². The van der Waals surface area contributed by atoms with Crippen molar-refractivity contribution in [3.63, 3.8) is 0 Å². The maximum Gasteiger partial charge on any atom is 0.256 e. The molecule has 0 spiro atoms. The Labute approximate surface area is 155 Å². The lowest BCUT2D eigenvalue weighted by Gasteiger charge is -2.28. The van der Waals surface area contributed by atoms with Gasteiger partial charge in [-0.3, -0.25) is 4.79 Å². The van der Waals surface area contributed by atoms with Crippen molar-refractivity contribution in [3.8, 4) is 5.75 Å². The number of hydrogen-bond donors (Lipinski definition) is 1. The molecule has 1 aliphatic rings. The van der Waals surface area contributed by atoms with Crippen LogP contribution >= 0.6 is 11.6 Å². The van der Waals surface area contributed by atoms with Crippen LogP contribution in [0.15, 0.2) is 18.2 Å². The number of rotatable bonds is 10. The fourth-order valence-electron chi connectivity index (χ4n) is 2.73. The number of benzene rings is 1. The lowest BCUT2D eigenvalue weighted by Crippen LogP contribution is -2.45. The molecule has 6 heteroatoms. The van der Waals surface area contributed by atoms with Gasteiger partial charge in [0.05, 0.1) is 11.6 Å². The Hall–Kier alpha value is -1.30. The van der Waals surface area contributed by atoms with Gasteiger partial charge in [0, 0.05) is 19.4 Å². The van der Waals surface area contributed by atoms with Crippen molar-refractivity contribution in [2.45, 2.75) is 51.7 Å². The van der Waals surface area contributed by atoms with Crippen molar-refractivity contribution in [2.75, 3.05) is 25.6 Å². The summed E-state index contributed by atoms with van der Waals surface area (Å²) in [6.07, 6.45) is 2.83. The monoisotopic (exact) mass is 369 g/mol. The molecule has 5 nitrogen and oxygen atoms in total. The summed E-state index contributed by atoms with van der Waals surface area (Å²) in [5.41, 5.74) is -0.154. The van der Waals surface area contributed by atoms with Gasteiger partial charge in [0.2, 0.25) is 0 Å². The molecule has 0 aliphatic heterocycles. The van der Waals surface area contributed by atoms with Crippen LogP contribution in [0.4, 0.5) is 5.69 Å². The first-order valence-electron chi connectivity index (χ1n) is 8.81. The second-order valence-corrected chi connectivity index (χ2v) is 7.12. The number of amides is 1. The van der Waals surface area contributed by atoms with E-state index in [1.807, 2.05) is 20.8 Å². The van der Waals surface area contributed by atoms with Crippen molar-refractivity contribution >= 4 is 23.2 Å². The van der Waals surface area contributed by atoms with E-state index in [4.69, 9.17) is 25.8 Å². The summed E-state index contributed by atoms with van der Waals surface area (Å²) in [6, 6.07) is 5.23. The summed E-state index contributed by atoms with van der Waals surface area (Å²) in [6.45, 7) is 6.87. The predicted molar refractivity (Wildman–Crippen MR) is 99.4 cm³/mol. The van der Waals surface area contributed by atoms with Crippen molar-refractivity contribution in [3.05, 3.63) is 23.2 Å². The topological polar surface area (TPSA) is 56.8 Å². The first-order chi connectivity index (χ1) is 11.9. The van der Waals surface area contributed by atoms with Crippen LogP contribution in [0.3, 0.4) is 0 Å². The fraction of sp³-hybridized carbons (Fsp3) is 0.632. The van der Waals surface area contributed by atoms with Gasteiger partial charge in [-0.05, 0) is 57.2 Å². The zero-order chi connectivity index (χ0) is 18.4. The molecule has 1 amide bonds. The van der Waals surface area contributed by atoms with Crippen LogP contribution in [0.5, 0.6) is 5.75 Å². The van der Waals surface area contributed by atoms with Gasteiger partial charge >= 0.3 is 0 Å². The van der Waals surface area contributed by atoms with Crippen LogP contribution in [0.1, 0.15) is 40.0 Å². The second kappa shape index (κ2) is 8.88. The van der Waals surface area contributed by atoms with E-state index in [1.54, 1.807) is 25.3 Å². The van der Waals surface area contributed by atoms with E-state index < -0.39 is 5.60 Å². The number of hydrogen-bond acceptors (Lipinski definition) is 4. The Bertz CT molecular complexity index is 591. The first kappa shape index (κ1) is 20.0. The quantitative estimate of drug-likeness (QED) is 0.668. The third-order valence-corrected chi connectivity index (χ3v) is 4.63. The zero-order valence-electron chi connectivity index (χ0n) is 15.4. The second-order valence-electron chi connectivity index (χ2n) is 6.71. The predicted octanol–water partition coefficient (Wildman–Crippen LogP) is 4.29. The highest BCUT2D eigenvalue weighted by Crippen LogP contribution is 2.42. The molecule has 0 saturated heterocycles. The average Bonchev–Trinajstić information content (AvgIpc) is 3.40. The molecule has 0 bridgehead atoms. The standard InChI is InChI=1S/C19H28ClNO4/c1-5-10-24-19(3,14-6-7-14)18(22)21-15-8-9-17(16(20)11-15)25-13(2)12-23-4/h8-9,11,13-14H,5-7,10,12H2,1-4H3,(H,21,22)/t13-,19+/m0/s1. The Morgan fingerprint density at radius 2 is 2.16 bits per heavy atom. The molecule has 0 heterocycles. The summed E-state index contributed by atoms with van der Waals surface area (Å²) in [5, 5.41) is 3.38. The van der Waals surface area contributed by atoms with Crippen LogP contribution in [0.25, 0.3) is 0 Å². The molecule has 25 heavy (non-hydrogen) atoms. The summed E-state index contributed by atoms with van der Waals surface area (Å²) in [7, 11) is 1.62. The average molecular weight is 370 g/mol. The zero-order valence-corrected chi connectivity index (χ0v) is 16.2. The summed E-state index contributed by atoms with van der Waals surface area (Å²) in [5.74, 6) is 0.726. The molecular weight excluding hydrogens is 342 g/mol. The highest BCUT2D eigenvalue weighted by Gasteiger charge is 2.48. The SMILES string of the molecule is CCCO[C@@](C)(C(=O)Nc1ccc(O[C@@H](C)COC)c(Cl)c1)C1CC1. The molecule has 1 saturated carbocycles. The molecule has 1 aromatic carbocycles. The molecule has 1 fully saturated rings. The van der Waals surface area contributed by atoms with Crippen molar-refractivity contribution in [1.29, 1.82) is 0 Å². The number of methoxy groups -OCH3 is 1. The first-order valence-corrected chi connectivity index (χ1v) is 9.19. The van der Waals surface area contributed by atoms with Crippen LogP contribution in [-0.4, -0.2) is 37.9 Å². The maximum absolute atomic E-state index is 12.8. The van der Waals surface area contributed by atoms with Gasteiger partial charge in [-0.15, -0.1) is 0 Å². The van der Waals surface area contributed by atoms with E-state index >= 15 is 0 Å². The van der Waals surface area contributed by atoms with Gasteiger partial charge in [0.15, 0.2) is 0 Å². The van der Waals surface area contributed by atoms with E-state index in [-0.39, 0.29) is 17.9 Å². The van der Waals surface area contributed by atoms with Crippen molar-refractivity contribution < 1.29 is 19.0 Å². The molecule has 1 aliphatic carbocycles.